The van der Waals surface area contributed by atoms with E-state index in [1.54, 1.807) is 31.4 Å². The van der Waals surface area contributed by atoms with E-state index >= 15 is 0 Å². The quantitative estimate of drug-likeness (QED) is 0.747. The Morgan fingerprint density at radius 3 is 2.33 bits per heavy atom. The van der Waals surface area contributed by atoms with Crippen molar-refractivity contribution >= 4 is 0 Å². The lowest BCUT2D eigenvalue weighted by Crippen LogP contribution is -1.97. The zero-order valence-electron chi connectivity index (χ0n) is 8.99. The smallest absolute Gasteiger partial charge is 0.122 e. The molecule has 0 aliphatic carbocycles. The van der Waals surface area contributed by atoms with Gasteiger partial charge in [0.05, 0.1) is 7.11 Å². The predicted octanol–water partition coefficient (Wildman–Crippen LogP) is 2.86. The zero-order valence-corrected chi connectivity index (χ0v) is 8.99. The van der Waals surface area contributed by atoms with E-state index in [0.29, 0.717) is 12.8 Å². The molecular weight excluding hydrogens is 188 g/mol. The van der Waals surface area contributed by atoms with E-state index in [4.69, 9.17) is 4.74 Å². The van der Waals surface area contributed by atoms with E-state index < -0.39 is 0 Å². The van der Waals surface area contributed by atoms with E-state index in [-0.39, 0.29) is 5.75 Å². The molecule has 0 amide bonds. The second kappa shape index (κ2) is 5.25. The minimum Gasteiger partial charge on any atom is -0.508 e. The van der Waals surface area contributed by atoms with Crippen LogP contribution in [0.4, 0.5) is 0 Å². The number of benzene rings is 1. The molecule has 0 spiro atoms. The summed E-state index contributed by atoms with van der Waals surface area (Å²) >= 11 is 0. The molecule has 80 valence electrons. The third-order valence-electron chi connectivity index (χ3n) is 2.28. The molecule has 0 bridgehead atoms. The van der Waals surface area contributed by atoms with Gasteiger partial charge in [0.15, 0.2) is 0 Å². The van der Waals surface area contributed by atoms with Gasteiger partial charge < -0.3 is 9.84 Å². The molecule has 0 aromatic heterocycles. The van der Waals surface area contributed by atoms with Crippen LogP contribution in [0.25, 0.3) is 0 Å². The summed E-state index contributed by atoms with van der Waals surface area (Å²) in [5.74, 6) is 1.07. The van der Waals surface area contributed by atoms with Crippen molar-refractivity contribution in [2.75, 3.05) is 7.11 Å². The Bertz CT molecular complexity index is 367. The molecule has 1 aromatic rings. The molecular formula is C13H16O2. The summed E-state index contributed by atoms with van der Waals surface area (Å²) in [4.78, 5) is 0. The van der Waals surface area contributed by atoms with Crippen molar-refractivity contribution in [2.45, 2.75) is 12.8 Å². The molecule has 0 unspecified atom stereocenters. The minimum atomic E-state index is 0.285. The highest BCUT2D eigenvalue weighted by Crippen LogP contribution is 2.30. The van der Waals surface area contributed by atoms with Gasteiger partial charge in [-0.05, 0) is 25.0 Å². The predicted molar refractivity (Wildman–Crippen MR) is 62.5 cm³/mol. The number of ether oxygens (including phenoxy) is 1. The standard InChI is InChI=1S/C13H16O2/c1-4-6-10-11(7-5-2)13(15-3)9-8-12(10)14/h4-5,8-9,14H,1-2,6-7H2,3H3. The van der Waals surface area contributed by atoms with Gasteiger partial charge in [0.2, 0.25) is 0 Å². The van der Waals surface area contributed by atoms with Gasteiger partial charge in [-0.3, -0.25) is 0 Å². The maximum absolute atomic E-state index is 9.73. The summed E-state index contributed by atoms with van der Waals surface area (Å²) in [5, 5.41) is 9.73. The van der Waals surface area contributed by atoms with E-state index in [1.807, 2.05) is 0 Å². The molecule has 1 rings (SSSR count). The number of hydrogen-bond donors (Lipinski definition) is 1. The van der Waals surface area contributed by atoms with Crippen molar-refractivity contribution in [2.24, 2.45) is 0 Å². The summed E-state index contributed by atoms with van der Waals surface area (Å²) in [6.07, 6.45) is 4.87. The summed E-state index contributed by atoms with van der Waals surface area (Å²) < 4.78 is 5.25. The van der Waals surface area contributed by atoms with Crippen molar-refractivity contribution in [3.05, 3.63) is 48.6 Å². The Kier molecular flexibility index (Phi) is 3.98. The Morgan fingerprint density at radius 1 is 1.20 bits per heavy atom. The number of allylic oxidation sites excluding steroid dienone is 2. The first-order chi connectivity index (χ1) is 7.24. The fourth-order valence-electron chi connectivity index (χ4n) is 1.59. The summed E-state index contributed by atoms with van der Waals surface area (Å²) in [5.41, 5.74) is 1.84. The Balaban J connectivity index is 3.28. The third-order valence-corrected chi connectivity index (χ3v) is 2.28. The van der Waals surface area contributed by atoms with E-state index in [9.17, 15) is 5.11 Å². The third kappa shape index (κ3) is 2.40. The molecule has 0 aliphatic rings. The Labute approximate surface area is 90.5 Å². The maximum atomic E-state index is 9.73. The molecule has 15 heavy (non-hydrogen) atoms. The number of aromatic hydroxyl groups is 1. The highest BCUT2D eigenvalue weighted by Gasteiger charge is 2.11. The molecule has 0 fully saturated rings. The first-order valence-electron chi connectivity index (χ1n) is 4.84. The second-order valence-corrected chi connectivity index (χ2v) is 3.23. The largest absolute Gasteiger partial charge is 0.508 e. The van der Waals surface area contributed by atoms with Gasteiger partial charge in [0, 0.05) is 11.1 Å². The molecule has 1 N–H and O–H groups in total. The number of phenols is 1. The molecule has 0 saturated heterocycles. The van der Waals surface area contributed by atoms with Crippen molar-refractivity contribution in [1.29, 1.82) is 0 Å². The maximum Gasteiger partial charge on any atom is 0.122 e. The van der Waals surface area contributed by atoms with Crippen LogP contribution >= 0.6 is 0 Å². The topological polar surface area (TPSA) is 29.5 Å². The highest BCUT2D eigenvalue weighted by atomic mass is 16.5. The molecule has 2 heteroatoms. The lowest BCUT2D eigenvalue weighted by molar-refractivity contribution is 0.406. The van der Waals surface area contributed by atoms with Gasteiger partial charge in [-0.1, -0.05) is 12.2 Å². The summed E-state index contributed by atoms with van der Waals surface area (Å²) in [6.45, 7) is 7.38. The van der Waals surface area contributed by atoms with E-state index in [2.05, 4.69) is 13.2 Å². The number of rotatable bonds is 5. The van der Waals surface area contributed by atoms with Crippen molar-refractivity contribution in [3.8, 4) is 11.5 Å². The molecule has 0 aliphatic heterocycles. The van der Waals surface area contributed by atoms with Crippen LogP contribution in [0.1, 0.15) is 11.1 Å². The average molecular weight is 204 g/mol. The van der Waals surface area contributed by atoms with E-state index in [0.717, 1.165) is 16.9 Å². The molecule has 0 heterocycles. The highest BCUT2D eigenvalue weighted by molar-refractivity contribution is 5.49. The number of hydrogen-bond acceptors (Lipinski definition) is 2. The Morgan fingerprint density at radius 2 is 1.80 bits per heavy atom. The summed E-state index contributed by atoms with van der Waals surface area (Å²) in [7, 11) is 1.62. The first kappa shape index (κ1) is 11.4. The van der Waals surface area contributed by atoms with Crippen LogP contribution in [0.15, 0.2) is 37.4 Å². The zero-order chi connectivity index (χ0) is 11.3. The summed E-state index contributed by atoms with van der Waals surface area (Å²) in [6, 6.07) is 3.41. The number of methoxy groups -OCH3 is 1. The van der Waals surface area contributed by atoms with Gasteiger partial charge in [-0.25, -0.2) is 0 Å². The normalized spacial score (nSPS) is 9.67. The van der Waals surface area contributed by atoms with Gasteiger partial charge in [-0.15, -0.1) is 13.2 Å². The van der Waals surface area contributed by atoms with Crippen molar-refractivity contribution in [3.63, 3.8) is 0 Å². The van der Waals surface area contributed by atoms with Crippen LogP contribution in [-0.4, -0.2) is 12.2 Å². The fourth-order valence-corrected chi connectivity index (χ4v) is 1.59. The van der Waals surface area contributed by atoms with Crippen LogP contribution in [0, 0.1) is 0 Å². The molecule has 0 atom stereocenters. The van der Waals surface area contributed by atoms with Crippen molar-refractivity contribution in [1.82, 2.24) is 0 Å². The monoisotopic (exact) mass is 204 g/mol. The first-order valence-corrected chi connectivity index (χ1v) is 4.84. The lowest BCUT2D eigenvalue weighted by Gasteiger charge is -2.13. The van der Waals surface area contributed by atoms with Crippen molar-refractivity contribution < 1.29 is 9.84 Å². The van der Waals surface area contributed by atoms with Crippen LogP contribution in [0.2, 0.25) is 0 Å². The van der Waals surface area contributed by atoms with Crippen LogP contribution in [0.3, 0.4) is 0 Å². The SMILES string of the molecule is C=CCc1c(O)ccc(OC)c1CC=C. The van der Waals surface area contributed by atoms with E-state index in [1.165, 1.54) is 0 Å². The molecule has 0 radical (unpaired) electrons. The van der Waals surface area contributed by atoms with Gasteiger partial charge >= 0.3 is 0 Å². The fraction of sp³-hybridized carbons (Fsp3) is 0.231. The average Bonchev–Trinajstić information content (AvgIpc) is 2.24. The molecule has 2 nitrogen and oxygen atoms in total. The van der Waals surface area contributed by atoms with Crippen LogP contribution in [0.5, 0.6) is 11.5 Å². The van der Waals surface area contributed by atoms with Gasteiger partial charge in [-0.2, -0.15) is 0 Å². The minimum absolute atomic E-state index is 0.285. The molecule has 0 saturated carbocycles. The molecule has 1 aromatic carbocycles. The number of phenolic OH excluding ortho intramolecular Hbond substituents is 1. The lowest BCUT2D eigenvalue weighted by atomic mass is 9.99. The van der Waals surface area contributed by atoms with Gasteiger partial charge in [0.1, 0.15) is 11.5 Å². The van der Waals surface area contributed by atoms with Crippen LogP contribution < -0.4 is 4.74 Å². The van der Waals surface area contributed by atoms with Gasteiger partial charge in [0.25, 0.3) is 0 Å². The Hall–Kier alpha value is -1.70. The van der Waals surface area contributed by atoms with Crippen LogP contribution in [-0.2, 0) is 12.8 Å². The second-order valence-electron chi connectivity index (χ2n) is 3.23.